The summed E-state index contributed by atoms with van der Waals surface area (Å²) in [5, 5.41) is 12.0. The van der Waals surface area contributed by atoms with E-state index < -0.39 is 5.97 Å². The molecule has 1 aromatic carbocycles. The lowest BCUT2D eigenvalue weighted by Crippen LogP contribution is -2.52. The maximum atomic E-state index is 12.0. The number of aryl methyl sites for hydroxylation is 1. The zero-order valence-electron chi connectivity index (χ0n) is 13.2. The number of carbonyl (C=O) groups is 2. The first kappa shape index (κ1) is 17.4. The van der Waals surface area contributed by atoms with Gasteiger partial charge in [0.15, 0.2) is 0 Å². The normalized spacial score (nSPS) is 14.7. The monoisotopic (exact) mass is 339 g/mol. The second-order valence-electron chi connectivity index (χ2n) is 5.63. The number of anilines is 1. The Morgan fingerprint density at radius 2 is 1.96 bits per heavy atom. The molecule has 23 heavy (non-hydrogen) atoms. The maximum absolute atomic E-state index is 12.0. The van der Waals surface area contributed by atoms with E-state index in [9.17, 15) is 9.59 Å². The molecule has 0 spiro atoms. The van der Waals surface area contributed by atoms with Crippen LogP contribution in [-0.4, -0.2) is 54.7 Å². The number of hydrogen-bond donors (Lipinski definition) is 2. The summed E-state index contributed by atoms with van der Waals surface area (Å²) in [6.45, 7) is 5.22. The van der Waals surface area contributed by atoms with E-state index in [1.54, 1.807) is 4.90 Å². The first-order valence-corrected chi connectivity index (χ1v) is 8.11. The third-order valence-electron chi connectivity index (χ3n) is 3.92. The summed E-state index contributed by atoms with van der Waals surface area (Å²) in [6, 6.07) is 5.71. The van der Waals surface area contributed by atoms with Crippen LogP contribution in [0.15, 0.2) is 18.2 Å². The van der Waals surface area contributed by atoms with E-state index in [0.29, 0.717) is 31.1 Å². The first-order chi connectivity index (χ1) is 11.0. The number of nitrogens with one attached hydrogen (secondary N) is 1. The average molecular weight is 340 g/mol. The van der Waals surface area contributed by atoms with Crippen LogP contribution in [0.5, 0.6) is 0 Å². The molecule has 1 aliphatic rings. The van der Waals surface area contributed by atoms with Crippen LogP contribution in [0.1, 0.15) is 18.4 Å². The van der Waals surface area contributed by atoms with Crippen LogP contribution in [-0.2, 0) is 4.79 Å². The van der Waals surface area contributed by atoms with Crippen LogP contribution in [0.2, 0.25) is 5.02 Å². The van der Waals surface area contributed by atoms with Crippen LogP contribution in [0.25, 0.3) is 0 Å². The molecule has 6 nitrogen and oxygen atoms in total. The molecule has 0 unspecified atom stereocenters. The number of piperazine rings is 1. The molecule has 0 bridgehead atoms. The van der Waals surface area contributed by atoms with Crippen molar-refractivity contribution in [2.45, 2.75) is 19.8 Å². The van der Waals surface area contributed by atoms with E-state index in [-0.39, 0.29) is 12.5 Å². The summed E-state index contributed by atoms with van der Waals surface area (Å²) < 4.78 is 0. The minimum Gasteiger partial charge on any atom is -0.481 e. The van der Waals surface area contributed by atoms with E-state index in [1.165, 1.54) is 5.56 Å². The van der Waals surface area contributed by atoms with Crippen molar-refractivity contribution < 1.29 is 14.7 Å². The van der Waals surface area contributed by atoms with Gasteiger partial charge in [0, 0.05) is 49.9 Å². The molecule has 0 aliphatic carbocycles. The zero-order chi connectivity index (χ0) is 16.8. The number of aliphatic carboxylic acids is 1. The van der Waals surface area contributed by atoms with Crippen molar-refractivity contribution in [3.8, 4) is 0 Å². The molecule has 1 aromatic rings. The molecule has 2 amide bonds. The van der Waals surface area contributed by atoms with Crippen molar-refractivity contribution in [1.82, 2.24) is 10.2 Å². The molecule has 7 heteroatoms. The Bertz CT molecular complexity index is 572. The predicted molar refractivity (Wildman–Crippen MR) is 90.2 cm³/mol. The number of rotatable bonds is 5. The molecule has 1 heterocycles. The van der Waals surface area contributed by atoms with Crippen LogP contribution >= 0.6 is 11.6 Å². The summed E-state index contributed by atoms with van der Waals surface area (Å²) in [7, 11) is 0. The van der Waals surface area contributed by atoms with Crippen LogP contribution in [0, 0.1) is 6.92 Å². The highest BCUT2D eigenvalue weighted by Crippen LogP contribution is 2.25. The fraction of sp³-hybridized carbons (Fsp3) is 0.500. The number of carboxylic acid groups (broad SMARTS) is 1. The van der Waals surface area contributed by atoms with Gasteiger partial charge in [-0.25, -0.2) is 4.79 Å². The van der Waals surface area contributed by atoms with Gasteiger partial charge in [-0.3, -0.25) is 4.79 Å². The van der Waals surface area contributed by atoms with E-state index in [2.05, 4.69) is 10.2 Å². The van der Waals surface area contributed by atoms with Gasteiger partial charge in [-0.15, -0.1) is 0 Å². The molecular formula is C16H22ClN3O3. The number of carbonyl (C=O) groups excluding carboxylic acids is 1. The first-order valence-electron chi connectivity index (χ1n) is 7.73. The molecule has 126 valence electrons. The Morgan fingerprint density at radius 3 is 2.61 bits per heavy atom. The Morgan fingerprint density at radius 1 is 1.26 bits per heavy atom. The number of benzene rings is 1. The number of amides is 2. The third-order valence-corrected chi connectivity index (χ3v) is 4.16. The molecule has 2 N–H and O–H groups in total. The molecule has 1 saturated heterocycles. The highest BCUT2D eigenvalue weighted by molar-refractivity contribution is 6.30. The SMILES string of the molecule is Cc1ccc(Cl)cc1N1CCN(C(=O)NCCCC(=O)O)CC1. The Kier molecular flexibility index (Phi) is 6.10. The van der Waals surface area contributed by atoms with Crippen LogP contribution in [0.3, 0.4) is 0 Å². The quantitative estimate of drug-likeness (QED) is 0.808. The zero-order valence-corrected chi connectivity index (χ0v) is 14.0. The minimum atomic E-state index is -0.843. The van der Waals surface area contributed by atoms with Gasteiger partial charge in [-0.1, -0.05) is 17.7 Å². The van der Waals surface area contributed by atoms with Gasteiger partial charge < -0.3 is 20.2 Å². The molecule has 2 rings (SSSR count). The van der Waals surface area contributed by atoms with Gasteiger partial charge in [-0.2, -0.15) is 0 Å². The van der Waals surface area contributed by atoms with Crippen molar-refractivity contribution >= 4 is 29.3 Å². The van der Waals surface area contributed by atoms with Gasteiger partial charge in [0.05, 0.1) is 0 Å². The maximum Gasteiger partial charge on any atom is 0.317 e. The minimum absolute atomic E-state index is 0.0715. The fourth-order valence-electron chi connectivity index (χ4n) is 2.62. The lowest BCUT2D eigenvalue weighted by Gasteiger charge is -2.36. The van der Waals surface area contributed by atoms with E-state index in [1.807, 2.05) is 25.1 Å². The summed E-state index contributed by atoms with van der Waals surface area (Å²) in [5.74, 6) is -0.843. The van der Waals surface area contributed by atoms with Crippen molar-refractivity contribution in [3.63, 3.8) is 0 Å². The van der Waals surface area contributed by atoms with Gasteiger partial charge in [0.2, 0.25) is 0 Å². The molecule has 0 atom stereocenters. The molecule has 1 aliphatic heterocycles. The van der Waals surface area contributed by atoms with Crippen molar-refractivity contribution in [3.05, 3.63) is 28.8 Å². The average Bonchev–Trinajstić information content (AvgIpc) is 2.53. The summed E-state index contributed by atoms with van der Waals surface area (Å²) in [5.41, 5.74) is 2.28. The Hall–Kier alpha value is -1.95. The van der Waals surface area contributed by atoms with Gasteiger partial charge in [0.1, 0.15) is 0 Å². The van der Waals surface area contributed by atoms with E-state index >= 15 is 0 Å². The summed E-state index contributed by atoms with van der Waals surface area (Å²) >= 11 is 6.07. The second-order valence-corrected chi connectivity index (χ2v) is 6.07. The van der Waals surface area contributed by atoms with Crippen LogP contribution < -0.4 is 10.2 Å². The lowest BCUT2D eigenvalue weighted by atomic mass is 10.1. The van der Waals surface area contributed by atoms with Crippen molar-refractivity contribution in [2.24, 2.45) is 0 Å². The summed E-state index contributed by atoms with van der Waals surface area (Å²) in [4.78, 5) is 26.5. The molecular weight excluding hydrogens is 318 g/mol. The smallest absolute Gasteiger partial charge is 0.317 e. The van der Waals surface area contributed by atoms with Gasteiger partial charge >= 0.3 is 12.0 Å². The van der Waals surface area contributed by atoms with E-state index in [4.69, 9.17) is 16.7 Å². The molecule has 0 radical (unpaired) electrons. The number of nitrogens with zero attached hydrogens (tertiary/aromatic N) is 2. The predicted octanol–water partition coefficient (Wildman–Crippen LogP) is 2.34. The van der Waals surface area contributed by atoms with Gasteiger partial charge in [-0.05, 0) is 31.0 Å². The molecule has 1 fully saturated rings. The Labute approximate surface area is 141 Å². The fourth-order valence-corrected chi connectivity index (χ4v) is 2.79. The standard InChI is InChI=1S/C16H22ClN3O3/c1-12-4-5-13(17)11-14(12)19-7-9-20(10-8-19)16(23)18-6-2-3-15(21)22/h4-5,11H,2-3,6-10H2,1H3,(H,18,23)(H,21,22). The topological polar surface area (TPSA) is 72.9 Å². The summed E-state index contributed by atoms with van der Waals surface area (Å²) in [6.07, 6.45) is 0.519. The highest BCUT2D eigenvalue weighted by Gasteiger charge is 2.21. The number of halogens is 1. The second kappa shape index (κ2) is 8.06. The lowest BCUT2D eigenvalue weighted by molar-refractivity contribution is -0.137. The number of urea groups is 1. The van der Waals surface area contributed by atoms with E-state index in [0.717, 1.165) is 18.8 Å². The van der Waals surface area contributed by atoms with Crippen LogP contribution in [0.4, 0.5) is 10.5 Å². The molecule has 0 saturated carbocycles. The molecule has 0 aromatic heterocycles. The Balaban J connectivity index is 1.80. The van der Waals surface area contributed by atoms with Gasteiger partial charge in [0.25, 0.3) is 0 Å². The number of hydrogen-bond acceptors (Lipinski definition) is 3. The third kappa shape index (κ3) is 5.03. The largest absolute Gasteiger partial charge is 0.481 e. The van der Waals surface area contributed by atoms with Crippen molar-refractivity contribution in [1.29, 1.82) is 0 Å². The van der Waals surface area contributed by atoms with Crippen molar-refractivity contribution in [2.75, 3.05) is 37.6 Å². The highest BCUT2D eigenvalue weighted by atomic mass is 35.5. The number of carboxylic acids is 1.